The van der Waals surface area contributed by atoms with E-state index in [1.807, 2.05) is 13.8 Å². The molecule has 0 amide bonds. The fraction of sp³-hybridized carbons (Fsp3) is 0.750. The Morgan fingerprint density at radius 3 is 1.87 bits per heavy atom. The highest BCUT2D eigenvalue weighted by Gasteiger charge is 2.32. The Morgan fingerprint density at radius 1 is 1.20 bits per heavy atom. The van der Waals surface area contributed by atoms with Crippen molar-refractivity contribution in [2.24, 2.45) is 0 Å². The molecule has 0 fully saturated rings. The van der Waals surface area contributed by atoms with E-state index in [4.69, 9.17) is 5.11 Å². The zero-order chi connectivity index (χ0) is 11.9. The minimum absolute atomic E-state index is 0.0654. The van der Waals surface area contributed by atoms with Crippen molar-refractivity contribution in [2.45, 2.75) is 58.0 Å². The van der Waals surface area contributed by atoms with Crippen LogP contribution < -0.4 is 0 Å². The number of unbranched alkanes of at least 4 members (excludes halogenated alkanes) is 2. The molecule has 0 atom stereocenters. The summed E-state index contributed by atoms with van der Waals surface area (Å²) in [6, 6.07) is 0. The van der Waals surface area contributed by atoms with Gasteiger partial charge in [-0.05, 0) is 12.8 Å². The molecule has 0 aliphatic heterocycles. The first-order valence-electron chi connectivity index (χ1n) is 5.63. The Hall–Kier alpha value is -0.830. The second-order valence-electron chi connectivity index (χ2n) is 4.02. The van der Waals surface area contributed by atoms with Crippen LogP contribution >= 0.6 is 0 Å². The lowest BCUT2D eigenvalue weighted by atomic mass is 9.84. The van der Waals surface area contributed by atoms with Gasteiger partial charge in [0.15, 0.2) is 0 Å². The Labute approximate surface area is 91.8 Å². The standard InChI is InChI=1S/C12H22O3/c1-4-6-8-12(15,9-7-5-2)10(3)11(13)14/h15H,3-9H2,1-2H3,(H,13,14). The third kappa shape index (κ3) is 4.47. The molecule has 0 radical (unpaired) electrons. The molecule has 0 heterocycles. The largest absolute Gasteiger partial charge is 0.478 e. The second-order valence-corrected chi connectivity index (χ2v) is 4.02. The number of rotatable bonds is 8. The van der Waals surface area contributed by atoms with E-state index in [0.717, 1.165) is 25.7 Å². The first kappa shape index (κ1) is 14.2. The highest BCUT2D eigenvalue weighted by molar-refractivity contribution is 5.88. The van der Waals surface area contributed by atoms with Gasteiger partial charge in [-0.25, -0.2) is 4.79 Å². The van der Waals surface area contributed by atoms with E-state index < -0.39 is 11.6 Å². The van der Waals surface area contributed by atoms with Gasteiger partial charge in [-0.15, -0.1) is 0 Å². The molecule has 0 unspecified atom stereocenters. The van der Waals surface area contributed by atoms with E-state index in [9.17, 15) is 9.90 Å². The summed E-state index contributed by atoms with van der Waals surface area (Å²) in [5.74, 6) is -1.09. The fourth-order valence-corrected chi connectivity index (χ4v) is 1.56. The predicted molar refractivity (Wildman–Crippen MR) is 60.8 cm³/mol. The molecule has 0 aromatic carbocycles. The normalized spacial score (nSPS) is 11.4. The molecule has 0 spiro atoms. The van der Waals surface area contributed by atoms with Crippen LogP contribution in [0.15, 0.2) is 12.2 Å². The molecule has 88 valence electrons. The van der Waals surface area contributed by atoms with Crippen molar-refractivity contribution in [2.75, 3.05) is 0 Å². The number of aliphatic hydroxyl groups is 1. The zero-order valence-electron chi connectivity index (χ0n) is 9.75. The number of carboxylic acid groups (broad SMARTS) is 1. The van der Waals surface area contributed by atoms with Gasteiger partial charge in [0.25, 0.3) is 0 Å². The van der Waals surface area contributed by atoms with Gasteiger partial charge in [0.2, 0.25) is 0 Å². The van der Waals surface area contributed by atoms with E-state index in [2.05, 4.69) is 6.58 Å². The van der Waals surface area contributed by atoms with Crippen molar-refractivity contribution in [1.29, 1.82) is 0 Å². The summed E-state index contributed by atoms with van der Waals surface area (Å²) >= 11 is 0. The van der Waals surface area contributed by atoms with Crippen molar-refractivity contribution in [3.05, 3.63) is 12.2 Å². The fourth-order valence-electron chi connectivity index (χ4n) is 1.56. The molecule has 15 heavy (non-hydrogen) atoms. The van der Waals surface area contributed by atoms with Crippen LogP contribution in [-0.4, -0.2) is 21.8 Å². The third-order valence-corrected chi connectivity index (χ3v) is 2.71. The maximum atomic E-state index is 10.8. The Bertz CT molecular complexity index is 213. The Balaban J connectivity index is 4.52. The minimum Gasteiger partial charge on any atom is -0.478 e. The average molecular weight is 214 g/mol. The zero-order valence-corrected chi connectivity index (χ0v) is 9.75. The Kier molecular flexibility index (Phi) is 6.25. The first-order chi connectivity index (χ1) is 6.98. The van der Waals surface area contributed by atoms with Crippen molar-refractivity contribution in [3.63, 3.8) is 0 Å². The maximum Gasteiger partial charge on any atom is 0.333 e. The molecule has 0 aromatic heterocycles. The highest BCUT2D eigenvalue weighted by Crippen LogP contribution is 2.28. The van der Waals surface area contributed by atoms with Gasteiger partial charge in [0.05, 0.1) is 11.2 Å². The van der Waals surface area contributed by atoms with Crippen molar-refractivity contribution in [1.82, 2.24) is 0 Å². The lowest BCUT2D eigenvalue weighted by molar-refractivity contribution is -0.135. The average Bonchev–Trinajstić information content (AvgIpc) is 2.22. The predicted octanol–water partition coefficient (Wildman–Crippen LogP) is 2.74. The molecule has 3 nitrogen and oxygen atoms in total. The molecular formula is C12H22O3. The van der Waals surface area contributed by atoms with E-state index in [1.165, 1.54) is 0 Å². The molecule has 0 aliphatic carbocycles. The van der Waals surface area contributed by atoms with Gasteiger partial charge < -0.3 is 10.2 Å². The lowest BCUT2D eigenvalue weighted by Gasteiger charge is -2.28. The number of carbonyl (C=O) groups is 1. The van der Waals surface area contributed by atoms with Crippen LogP contribution in [0.25, 0.3) is 0 Å². The van der Waals surface area contributed by atoms with Gasteiger partial charge in [-0.3, -0.25) is 0 Å². The van der Waals surface area contributed by atoms with Crippen LogP contribution in [0.2, 0.25) is 0 Å². The molecule has 0 bridgehead atoms. The van der Waals surface area contributed by atoms with E-state index >= 15 is 0 Å². The van der Waals surface area contributed by atoms with Crippen LogP contribution in [0.5, 0.6) is 0 Å². The summed E-state index contributed by atoms with van der Waals surface area (Å²) in [6.07, 6.45) is 4.53. The summed E-state index contributed by atoms with van der Waals surface area (Å²) < 4.78 is 0. The maximum absolute atomic E-state index is 10.8. The molecule has 0 saturated heterocycles. The van der Waals surface area contributed by atoms with Crippen LogP contribution in [0.1, 0.15) is 52.4 Å². The summed E-state index contributed by atoms with van der Waals surface area (Å²) in [7, 11) is 0. The minimum atomic E-state index is -1.21. The highest BCUT2D eigenvalue weighted by atomic mass is 16.4. The van der Waals surface area contributed by atoms with Gasteiger partial charge in [0.1, 0.15) is 0 Å². The van der Waals surface area contributed by atoms with Crippen molar-refractivity contribution in [3.8, 4) is 0 Å². The summed E-state index contributed by atoms with van der Waals surface area (Å²) in [4.78, 5) is 10.8. The van der Waals surface area contributed by atoms with Crippen LogP contribution in [-0.2, 0) is 4.79 Å². The first-order valence-corrected chi connectivity index (χ1v) is 5.63. The van der Waals surface area contributed by atoms with Crippen LogP contribution in [0.4, 0.5) is 0 Å². The van der Waals surface area contributed by atoms with Crippen LogP contribution in [0, 0.1) is 0 Å². The summed E-state index contributed by atoms with van der Waals surface area (Å²) in [6.45, 7) is 7.52. The summed E-state index contributed by atoms with van der Waals surface area (Å²) in [5, 5.41) is 19.1. The molecule has 0 rings (SSSR count). The number of hydrogen-bond acceptors (Lipinski definition) is 2. The molecule has 2 N–H and O–H groups in total. The SMILES string of the molecule is C=C(C(=O)O)C(O)(CCCC)CCCC. The van der Waals surface area contributed by atoms with E-state index in [0.29, 0.717) is 12.8 Å². The van der Waals surface area contributed by atoms with Gasteiger partial charge in [-0.1, -0.05) is 46.1 Å². The van der Waals surface area contributed by atoms with Crippen LogP contribution in [0.3, 0.4) is 0 Å². The number of carboxylic acids is 1. The smallest absolute Gasteiger partial charge is 0.333 e. The van der Waals surface area contributed by atoms with Crippen molar-refractivity contribution >= 4 is 5.97 Å². The van der Waals surface area contributed by atoms with E-state index in [1.54, 1.807) is 0 Å². The summed E-state index contributed by atoms with van der Waals surface area (Å²) in [5.41, 5.74) is -1.28. The quantitative estimate of drug-likeness (QED) is 0.611. The van der Waals surface area contributed by atoms with Gasteiger partial charge in [0, 0.05) is 0 Å². The van der Waals surface area contributed by atoms with Gasteiger partial charge >= 0.3 is 5.97 Å². The van der Waals surface area contributed by atoms with E-state index in [-0.39, 0.29) is 5.57 Å². The molecule has 0 saturated carbocycles. The molecule has 0 aromatic rings. The van der Waals surface area contributed by atoms with Gasteiger partial charge in [-0.2, -0.15) is 0 Å². The molecule has 0 aliphatic rings. The Morgan fingerprint density at radius 2 is 1.60 bits per heavy atom. The van der Waals surface area contributed by atoms with Crippen molar-refractivity contribution < 1.29 is 15.0 Å². The second kappa shape index (κ2) is 6.62. The lowest BCUT2D eigenvalue weighted by Crippen LogP contribution is -2.34. The number of aliphatic carboxylic acids is 1. The topological polar surface area (TPSA) is 57.5 Å². The number of hydrogen-bond donors (Lipinski definition) is 2. The molecular weight excluding hydrogens is 192 g/mol. The molecule has 3 heteroatoms. The monoisotopic (exact) mass is 214 g/mol. The third-order valence-electron chi connectivity index (χ3n) is 2.71.